The van der Waals surface area contributed by atoms with Crippen molar-refractivity contribution < 1.29 is 4.39 Å². The predicted molar refractivity (Wildman–Crippen MR) is 31.6 cm³/mol. The van der Waals surface area contributed by atoms with E-state index in [1.54, 1.807) is 6.92 Å². The number of alkyl halides is 1. The van der Waals surface area contributed by atoms with Gasteiger partial charge in [-0.2, -0.15) is 0 Å². The van der Waals surface area contributed by atoms with Crippen LogP contribution in [-0.4, -0.2) is 30.7 Å². The highest BCUT2D eigenvalue weighted by atomic mass is 19.1. The summed E-state index contributed by atoms with van der Waals surface area (Å²) in [5.41, 5.74) is -0.908. The van der Waals surface area contributed by atoms with E-state index in [0.29, 0.717) is 13.0 Å². The molecule has 0 aromatic rings. The Kier molecular flexibility index (Phi) is 1.27. The largest absolute Gasteiger partial charge is 0.303 e. The number of likely N-dealkylation sites (tertiary alicyclic amines) is 1. The number of nitrogens with zero attached hydrogens (tertiary/aromatic N) is 1. The van der Waals surface area contributed by atoms with Crippen LogP contribution in [0.3, 0.4) is 0 Å². The molecule has 0 bridgehead atoms. The monoisotopic (exact) mass is 117 g/mol. The molecule has 0 N–H and O–H groups in total. The van der Waals surface area contributed by atoms with Gasteiger partial charge in [0.25, 0.3) is 0 Å². The minimum Gasteiger partial charge on any atom is -0.303 e. The van der Waals surface area contributed by atoms with E-state index in [9.17, 15) is 4.39 Å². The van der Waals surface area contributed by atoms with Gasteiger partial charge in [-0.3, -0.25) is 0 Å². The molecule has 1 saturated heterocycles. The van der Waals surface area contributed by atoms with Crippen molar-refractivity contribution in [2.45, 2.75) is 19.0 Å². The first kappa shape index (κ1) is 6.02. The molecule has 0 unspecified atom stereocenters. The Morgan fingerprint density at radius 1 is 1.62 bits per heavy atom. The van der Waals surface area contributed by atoms with Gasteiger partial charge in [-0.15, -0.1) is 0 Å². The Morgan fingerprint density at radius 3 is 2.38 bits per heavy atom. The number of hydrogen-bond acceptors (Lipinski definition) is 1. The van der Waals surface area contributed by atoms with E-state index in [1.165, 1.54) is 0 Å². The fourth-order valence-corrected chi connectivity index (χ4v) is 1.14. The Morgan fingerprint density at radius 2 is 2.25 bits per heavy atom. The molecule has 8 heavy (non-hydrogen) atoms. The Bertz CT molecular complexity index is 90.5. The summed E-state index contributed by atoms with van der Waals surface area (Å²) >= 11 is 0. The van der Waals surface area contributed by atoms with Crippen molar-refractivity contribution in [1.82, 2.24) is 4.90 Å². The van der Waals surface area contributed by atoms with E-state index in [-0.39, 0.29) is 0 Å². The van der Waals surface area contributed by atoms with Gasteiger partial charge in [-0.05, 0) is 20.4 Å². The molecule has 0 radical (unpaired) electrons. The summed E-state index contributed by atoms with van der Waals surface area (Å²) in [5, 5.41) is 0. The van der Waals surface area contributed by atoms with E-state index < -0.39 is 5.67 Å². The minimum absolute atomic E-state index is 0.604. The van der Waals surface area contributed by atoms with Crippen molar-refractivity contribution in [3.63, 3.8) is 0 Å². The third kappa shape index (κ3) is 1.19. The molecule has 1 rings (SSSR count). The maximum Gasteiger partial charge on any atom is 0.122 e. The number of halogens is 1. The van der Waals surface area contributed by atoms with Gasteiger partial charge in [0.2, 0.25) is 0 Å². The molecule has 1 aliphatic heterocycles. The van der Waals surface area contributed by atoms with Crippen LogP contribution in [0.1, 0.15) is 13.3 Å². The van der Waals surface area contributed by atoms with Crippen molar-refractivity contribution in [2.75, 3.05) is 20.1 Å². The fraction of sp³-hybridized carbons (Fsp3) is 1.00. The summed E-state index contributed by atoms with van der Waals surface area (Å²) in [6.07, 6.45) is 0.698. The van der Waals surface area contributed by atoms with Crippen LogP contribution < -0.4 is 0 Å². The highest BCUT2D eigenvalue weighted by Gasteiger charge is 2.30. The first-order valence-electron chi connectivity index (χ1n) is 2.98. The van der Waals surface area contributed by atoms with Gasteiger partial charge in [0.05, 0.1) is 0 Å². The van der Waals surface area contributed by atoms with Gasteiger partial charge in [-0.25, -0.2) is 4.39 Å². The maximum atomic E-state index is 12.8. The second-order valence-corrected chi connectivity index (χ2v) is 2.90. The summed E-state index contributed by atoms with van der Waals surface area (Å²) in [7, 11) is 1.95. The van der Waals surface area contributed by atoms with Gasteiger partial charge in [-0.1, -0.05) is 0 Å². The molecule has 0 spiro atoms. The zero-order valence-corrected chi connectivity index (χ0v) is 5.45. The van der Waals surface area contributed by atoms with Crippen LogP contribution in [-0.2, 0) is 0 Å². The second-order valence-electron chi connectivity index (χ2n) is 2.90. The molecule has 0 saturated carbocycles. The number of rotatable bonds is 0. The lowest BCUT2D eigenvalue weighted by molar-refractivity contribution is 0.198. The topological polar surface area (TPSA) is 3.24 Å². The molecule has 0 aromatic heterocycles. The molecule has 0 aliphatic carbocycles. The maximum absolute atomic E-state index is 12.8. The molecule has 0 aromatic carbocycles. The summed E-state index contributed by atoms with van der Waals surface area (Å²) in [6, 6.07) is 0. The van der Waals surface area contributed by atoms with Gasteiger partial charge >= 0.3 is 0 Å². The normalized spacial score (nSPS) is 40.9. The second kappa shape index (κ2) is 1.69. The van der Waals surface area contributed by atoms with Crippen molar-refractivity contribution >= 4 is 0 Å². The molecule has 1 nitrogen and oxygen atoms in total. The standard InChI is InChI=1S/C6H12FN/c1-6(7)3-4-8(2)5-6/h3-5H2,1-2H3/t6-/m0/s1. The van der Waals surface area contributed by atoms with Gasteiger partial charge in [0.1, 0.15) is 5.67 Å². The fourth-order valence-electron chi connectivity index (χ4n) is 1.14. The highest BCUT2D eigenvalue weighted by Crippen LogP contribution is 2.22. The van der Waals surface area contributed by atoms with Crippen molar-refractivity contribution in [1.29, 1.82) is 0 Å². The highest BCUT2D eigenvalue weighted by molar-refractivity contribution is 4.84. The quantitative estimate of drug-likeness (QED) is 0.458. The van der Waals surface area contributed by atoms with Crippen molar-refractivity contribution in [3.8, 4) is 0 Å². The molecule has 1 aliphatic rings. The van der Waals surface area contributed by atoms with E-state index in [2.05, 4.69) is 0 Å². The third-order valence-electron chi connectivity index (χ3n) is 1.61. The van der Waals surface area contributed by atoms with Gasteiger partial charge in [0, 0.05) is 13.1 Å². The van der Waals surface area contributed by atoms with E-state index >= 15 is 0 Å². The molecular formula is C6H12FN. The number of hydrogen-bond donors (Lipinski definition) is 0. The third-order valence-corrected chi connectivity index (χ3v) is 1.61. The van der Waals surface area contributed by atoms with Crippen LogP contribution in [0.5, 0.6) is 0 Å². The first-order chi connectivity index (χ1) is 3.60. The van der Waals surface area contributed by atoms with Crippen molar-refractivity contribution in [3.05, 3.63) is 0 Å². The average molecular weight is 117 g/mol. The van der Waals surface area contributed by atoms with Crippen molar-refractivity contribution in [2.24, 2.45) is 0 Å². The lowest BCUT2D eigenvalue weighted by Crippen LogP contribution is -2.22. The summed E-state index contributed by atoms with van der Waals surface area (Å²) < 4.78 is 12.8. The molecule has 1 fully saturated rings. The van der Waals surface area contributed by atoms with E-state index in [1.807, 2.05) is 11.9 Å². The Labute approximate surface area is 49.5 Å². The lowest BCUT2D eigenvalue weighted by atomic mass is 10.1. The lowest BCUT2D eigenvalue weighted by Gasteiger charge is -2.10. The van der Waals surface area contributed by atoms with Crippen LogP contribution in [0, 0.1) is 0 Å². The van der Waals surface area contributed by atoms with Gasteiger partial charge < -0.3 is 4.90 Å². The molecule has 1 atom stereocenters. The summed E-state index contributed by atoms with van der Waals surface area (Å²) in [5.74, 6) is 0. The Balaban J connectivity index is 2.44. The zero-order valence-electron chi connectivity index (χ0n) is 5.45. The average Bonchev–Trinajstić information content (AvgIpc) is 1.82. The molecule has 1 heterocycles. The zero-order chi connectivity index (χ0) is 6.20. The SMILES string of the molecule is CN1CC[C@](C)(F)C1. The van der Waals surface area contributed by atoms with Gasteiger partial charge in [0.15, 0.2) is 0 Å². The van der Waals surface area contributed by atoms with E-state index in [4.69, 9.17) is 0 Å². The minimum atomic E-state index is -0.908. The predicted octanol–water partition coefficient (Wildman–Crippen LogP) is 1.05. The van der Waals surface area contributed by atoms with E-state index in [0.717, 1.165) is 6.54 Å². The summed E-state index contributed by atoms with van der Waals surface area (Å²) in [4.78, 5) is 2.01. The van der Waals surface area contributed by atoms with Crippen LogP contribution in [0.15, 0.2) is 0 Å². The Hall–Kier alpha value is -0.110. The van der Waals surface area contributed by atoms with Crippen LogP contribution in [0.4, 0.5) is 4.39 Å². The molecular weight excluding hydrogens is 105 g/mol. The van der Waals surface area contributed by atoms with Crippen LogP contribution in [0.25, 0.3) is 0 Å². The smallest absolute Gasteiger partial charge is 0.122 e. The summed E-state index contributed by atoms with van der Waals surface area (Å²) in [6.45, 7) is 3.18. The first-order valence-corrected chi connectivity index (χ1v) is 2.98. The molecule has 48 valence electrons. The molecule has 2 heteroatoms. The molecule has 0 amide bonds. The van der Waals surface area contributed by atoms with Crippen LogP contribution >= 0.6 is 0 Å². The van der Waals surface area contributed by atoms with Crippen LogP contribution in [0.2, 0.25) is 0 Å².